The van der Waals surface area contributed by atoms with Gasteiger partial charge in [0.05, 0.1) is 13.0 Å². The molecule has 0 spiro atoms. The van der Waals surface area contributed by atoms with Gasteiger partial charge >= 0.3 is 5.97 Å². The number of carbonyl (C=O) groups is 1. The van der Waals surface area contributed by atoms with E-state index in [1.165, 1.54) is 6.07 Å². The van der Waals surface area contributed by atoms with Gasteiger partial charge in [-0.15, -0.1) is 0 Å². The summed E-state index contributed by atoms with van der Waals surface area (Å²) in [4.78, 5) is 11.1. The topological polar surface area (TPSA) is 38.3 Å². The Labute approximate surface area is 105 Å². The predicted octanol–water partition coefficient (Wildman–Crippen LogP) is 2.57. The molecule has 0 heterocycles. The molecule has 100 valence electrons. The number of hydrogen-bond acceptors (Lipinski definition) is 3. The van der Waals surface area contributed by atoms with Crippen molar-refractivity contribution in [2.24, 2.45) is 0 Å². The molecular formula is C13H17F2NO2. The van der Waals surface area contributed by atoms with Gasteiger partial charge in [-0.3, -0.25) is 4.79 Å². The molecule has 0 radical (unpaired) electrons. The SMILES string of the molecule is CCOC(=O)CCNC(C)c1ccc(F)c(F)c1. The minimum atomic E-state index is -0.869. The molecule has 0 saturated carbocycles. The maximum absolute atomic E-state index is 13.0. The maximum Gasteiger partial charge on any atom is 0.307 e. The van der Waals surface area contributed by atoms with Crippen molar-refractivity contribution in [3.63, 3.8) is 0 Å². The van der Waals surface area contributed by atoms with Gasteiger partial charge in [-0.05, 0) is 31.5 Å². The molecule has 1 rings (SSSR count). The lowest BCUT2D eigenvalue weighted by Gasteiger charge is -2.14. The Morgan fingerprint density at radius 1 is 1.39 bits per heavy atom. The highest BCUT2D eigenvalue weighted by Crippen LogP contribution is 2.15. The Bertz CT molecular complexity index is 410. The molecule has 0 fully saturated rings. The minimum Gasteiger partial charge on any atom is -0.466 e. The largest absolute Gasteiger partial charge is 0.466 e. The van der Waals surface area contributed by atoms with E-state index in [4.69, 9.17) is 4.74 Å². The molecule has 5 heteroatoms. The fourth-order valence-corrected chi connectivity index (χ4v) is 1.52. The number of rotatable bonds is 6. The second-order valence-corrected chi connectivity index (χ2v) is 3.90. The summed E-state index contributed by atoms with van der Waals surface area (Å²) >= 11 is 0. The van der Waals surface area contributed by atoms with Crippen LogP contribution in [0.2, 0.25) is 0 Å². The smallest absolute Gasteiger partial charge is 0.307 e. The van der Waals surface area contributed by atoms with Crippen LogP contribution in [0.4, 0.5) is 8.78 Å². The van der Waals surface area contributed by atoms with Crippen LogP contribution in [0.15, 0.2) is 18.2 Å². The molecule has 18 heavy (non-hydrogen) atoms. The number of halogens is 2. The van der Waals surface area contributed by atoms with E-state index >= 15 is 0 Å². The van der Waals surface area contributed by atoms with Crippen molar-refractivity contribution in [3.8, 4) is 0 Å². The Kier molecular flexibility index (Phi) is 5.71. The zero-order valence-electron chi connectivity index (χ0n) is 10.5. The molecular weight excluding hydrogens is 240 g/mol. The van der Waals surface area contributed by atoms with Crippen molar-refractivity contribution in [3.05, 3.63) is 35.4 Å². The second kappa shape index (κ2) is 7.06. The first kappa shape index (κ1) is 14.6. The lowest BCUT2D eigenvalue weighted by molar-refractivity contribution is -0.143. The van der Waals surface area contributed by atoms with E-state index in [1.54, 1.807) is 6.92 Å². The Morgan fingerprint density at radius 2 is 2.11 bits per heavy atom. The van der Waals surface area contributed by atoms with E-state index < -0.39 is 11.6 Å². The lowest BCUT2D eigenvalue weighted by atomic mass is 10.1. The zero-order chi connectivity index (χ0) is 13.5. The summed E-state index contributed by atoms with van der Waals surface area (Å²) in [5, 5.41) is 3.04. The minimum absolute atomic E-state index is 0.158. The van der Waals surface area contributed by atoms with E-state index in [-0.39, 0.29) is 18.4 Å². The molecule has 0 saturated heterocycles. The summed E-state index contributed by atoms with van der Waals surface area (Å²) in [6, 6.07) is 3.60. The van der Waals surface area contributed by atoms with Gasteiger partial charge in [-0.1, -0.05) is 6.07 Å². The average Bonchev–Trinajstić information content (AvgIpc) is 2.33. The molecule has 1 unspecified atom stereocenters. The molecule has 0 amide bonds. The highest BCUT2D eigenvalue weighted by atomic mass is 19.2. The van der Waals surface area contributed by atoms with Crippen LogP contribution in [0.1, 0.15) is 31.9 Å². The van der Waals surface area contributed by atoms with E-state index in [1.807, 2.05) is 6.92 Å². The predicted molar refractivity (Wildman–Crippen MR) is 64.0 cm³/mol. The van der Waals surface area contributed by atoms with E-state index in [0.717, 1.165) is 12.1 Å². The molecule has 0 aliphatic heterocycles. The molecule has 1 aromatic carbocycles. The molecule has 1 aromatic rings. The van der Waals surface area contributed by atoms with Crippen molar-refractivity contribution >= 4 is 5.97 Å². The third-order valence-electron chi connectivity index (χ3n) is 2.53. The first-order valence-corrected chi connectivity index (χ1v) is 5.88. The van der Waals surface area contributed by atoms with Crippen molar-refractivity contribution in [1.82, 2.24) is 5.32 Å². The Morgan fingerprint density at radius 3 is 2.72 bits per heavy atom. The van der Waals surface area contributed by atoms with E-state index in [9.17, 15) is 13.6 Å². The Hall–Kier alpha value is -1.49. The number of benzene rings is 1. The summed E-state index contributed by atoms with van der Waals surface area (Å²) < 4.78 is 30.5. The normalized spacial score (nSPS) is 12.2. The highest BCUT2D eigenvalue weighted by Gasteiger charge is 2.09. The van der Waals surface area contributed by atoms with Gasteiger partial charge in [0.25, 0.3) is 0 Å². The van der Waals surface area contributed by atoms with Gasteiger partial charge in [0, 0.05) is 12.6 Å². The van der Waals surface area contributed by atoms with Gasteiger partial charge < -0.3 is 10.1 Å². The monoisotopic (exact) mass is 257 g/mol. The van der Waals surface area contributed by atoms with Crippen molar-refractivity contribution in [2.45, 2.75) is 26.3 Å². The summed E-state index contributed by atoms with van der Waals surface area (Å²) in [5.74, 6) is -2.01. The van der Waals surface area contributed by atoms with Crippen molar-refractivity contribution in [1.29, 1.82) is 0 Å². The highest BCUT2D eigenvalue weighted by molar-refractivity contribution is 5.69. The summed E-state index contributed by atoms with van der Waals surface area (Å²) in [5.41, 5.74) is 0.637. The first-order valence-electron chi connectivity index (χ1n) is 5.88. The van der Waals surface area contributed by atoms with Gasteiger partial charge in [-0.2, -0.15) is 0 Å². The van der Waals surface area contributed by atoms with Gasteiger partial charge in [0.1, 0.15) is 0 Å². The number of ether oxygens (including phenoxy) is 1. The molecule has 0 aromatic heterocycles. The van der Waals surface area contributed by atoms with Crippen molar-refractivity contribution < 1.29 is 18.3 Å². The van der Waals surface area contributed by atoms with Crippen molar-refractivity contribution in [2.75, 3.05) is 13.2 Å². The van der Waals surface area contributed by atoms with Crippen LogP contribution in [0.3, 0.4) is 0 Å². The number of esters is 1. The number of hydrogen-bond donors (Lipinski definition) is 1. The second-order valence-electron chi connectivity index (χ2n) is 3.90. The standard InChI is InChI=1S/C13H17F2NO2/c1-3-18-13(17)6-7-16-9(2)10-4-5-11(14)12(15)8-10/h4-5,8-9,16H,3,6-7H2,1-2H3. The number of nitrogens with one attached hydrogen (secondary N) is 1. The maximum atomic E-state index is 13.0. The van der Waals surface area contributed by atoms with Gasteiger partial charge in [-0.25, -0.2) is 8.78 Å². The summed E-state index contributed by atoms with van der Waals surface area (Å²) in [7, 11) is 0. The molecule has 0 aliphatic carbocycles. The van der Waals surface area contributed by atoms with Crippen LogP contribution in [0.25, 0.3) is 0 Å². The molecule has 0 bridgehead atoms. The first-order chi connectivity index (χ1) is 8.54. The summed E-state index contributed by atoms with van der Waals surface area (Å²) in [6.07, 6.45) is 0.252. The van der Waals surface area contributed by atoms with Crippen LogP contribution in [0, 0.1) is 11.6 Å². The molecule has 3 nitrogen and oxygen atoms in total. The van der Waals surface area contributed by atoms with Crippen LogP contribution in [-0.2, 0) is 9.53 Å². The van der Waals surface area contributed by atoms with E-state index in [2.05, 4.69) is 5.32 Å². The fraction of sp³-hybridized carbons (Fsp3) is 0.462. The molecule has 1 N–H and O–H groups in total. The fourth-order valence-electron chi connectivity index (χ4n) is 1.52. The average molecular weight is 257 g/mol. The summed E-state index contributed by atoms with van der Waals surface area (Å²) in [6.45, 7) is 4.35. The zero-order valence-corrected chi connectivity index (χ0v) is 10.5. The van der Waals surface area contributed by atoms with Crippen LogP contribution in [-0.4, -0.2) is 19.1 Å². The third-order valence-corrected chi connectivity index (χ3v) is 2.53. The Balaban J connectivity index is 2.43. The lowest BCUT2D eigenvalue weighted by Crippen LogP contribution is -2.22. The van der Waals surface area contributed by atoms with Crippen LogP contribution < -0.4 is 5.32 Å². The third kappa shape index (κ3) is 4.41. The number of carbonyl (C=O) groups excluding carboxylic acids is 1. The molecule has 0 aliphatic rings. The van der Waals surface area contributed by atoms with Gasteiger partial charge in [0.2, 0.25) is 0 Å². The van der Waals surface area contributed by atoms with E-state index in [0.29, 0.717) is 18.7 Å². The quantitative estimate of drug-likeness (QED) is 0.796. The van der Waals surface area contributed by atoms with Crippen LogP contribution in [0.5, 0.6) is 0 Å². The van der Waals surface area contributed by atoms with Gasteiger partial charge in [0.15, 0.2) is 11.6 Å². The molecule has 1 atom stereocenters. The van der Waals surface area contributed by atoms with Crippen LogP contribution >= 0.6 is 0 Å².